The van der Waals surface area contributed by atoms with Gasteiger partial charge in [0, 0.05) is 17.6 Å². The van der Waals surface area contributed by atoms with Crippen LogP contribution < -0.4 is 0 Å². The van der Waals surface area contributed by atoms with Crippen molar-refractivity contribution < 1.29 is 18.3 Å². The average Bonchev–Trinajstić information content (AvgIpc) is 2.41. The third-order valence-electron chi connectivity index (χ3n) is 3.24. The minimum absolute atomic E-state index is 0.000388. The fraction of sp³-hybridized carbons (Fsp3) is 0.417. The summed E-state index contributed by atoms with van der Waals surface area (Å²) in [6.07, 6.45) is 1.02. The van der Waals surface area contributed by atoms with E-state index in [2.05, 4.69) is 15.9 Å². The van der Waals surface area contributed by atoms with Gasteiger partial charge in [-0.25, -0.2) is 8.42 Å². The van der Waals surface area contributed by atoms with E-state index < -0.39 is 21.9 Å². The molecule has 0 saturated carbocycles. The zero-order valence-electron chi connectivity index (χ0n) is 10.4. The fourth-order valence-corrected chi connectivity index (χ4v) is 4.71. The summed E-state index contributed by atoms with van der Waals surface area (Å²) in [6, 6.07) is 4.58. The van der Waals surface area contributed by atoms with E-state index in [1.807, 2.05) is 0 Å². The topological polar surface area (TPSA) is 74.7 Å². The largest absolute Gasteiger partial charge is 0.481 e. The van der Waals surface area contributed by atoms with Crippen molar-refractivity contribution in [2.75, 3.05) is 13.1 Å². The third-order valence-corrected chi connectivity index (χ3v) is 6.08. The molecule has 0 spiro atoms. The molecule has 20 heavy (non-hydrogen) atoms. The van der Waals surface area contributed by atoms with E-state index in [0.29, 0.717) is 23.9 Å². The summed E-state index contributed by atoms with van der Waals surface area (Å²) in [5, 5.41) is 9.17. The van der Waals surface area contributed by atoms with Crippen molar-refractivity contribution in [3.63, 3.8) is 0 Å². The first-order valence-electron chi connectivity index (χ1n) is 6.00. The van der Waals surface area contributed by atoms with E-state index in [9.17, 15) is 13.2 Å². The predicted molar refractivity (Wildman–Crippen MR) is 78.3 cm³/mol. The predicted octanol–water partition coefficient (Wildman–Crippen LogP) is 2.59. The Morgan fingerprint density at radius 1 is 1.45 bits per heavy atom. The Morgan fingerprint density at radius 3 is 2.80 bits per heavy atom. The summed E-state index contributed by atoms with van der Waals surface area (Å²) in [6.45, 7) is 0.301. The van der Waals surface area contributed by atoms with Crippen LogP contribution >= 0.6 is 27.5 Å². The van der Waals surface area contributed by atoms with Gasteiger partial charge in [0.1, 0.15) is 4.90 Å². The zero-order valence-corrected chi connectivity index (χ0v) is 13.6. The highest BCUT2D eigenvalue weighted by atomic mass is 79.9. The highest BCUT2D eigenvalue weighted by Crippen LogP contribution is 2.30. The number of halogens is 2. The number of benzene rings is 1. The third kappa shape index (κ3) is 3.16. The summed E-state index contributed by atoms with van der Waals surface area (Å²) >= 11 is 9.17. The van der Waals surface area contributed by atoms with E-state index in [-0.39, 0.29) is 16.5 Å². The highest BCUT2D eigenvalue weighted by molar-refractivity contribution is 9.10. The lowest BCUT2D eigenvalue weighted by Gasteiger charge is -2.30. The Hall–Kier alpha value is -0.630. The summed E-state index contributed by atoms with van der Waals surface area (Å²) in [7, 11) is -3.77. The molecule has 1 unspecified atom stereocenters. The van der Waals surface area contributed by atoms with Gasteiger partial charge in [-0.1, -0.05) is 27.5 Å². The molecule has 0 radical (unpaired) electrons. The average molecular weight is 383 g/mol. The molecule has 1 aromatic carbocycles. The lowest BCUT2D eigenvalue weighted by Crippen LogP contribution is -2.42. The number of piperidine rings is 1. The number of hydrogen-bond acceptors (Lipinski definition) is 3. The van der Waals surface area contributed by atoms with Crippen molar-refractivity contribution in [2.24, 2.45) is 5.92 Å². The molecule has 1 N–H and O–H groups in total. The normalized spacial score (nSPS) is 20.8. The van der Waals surface area contributed by atoms with Gasteiger partial charge in [-0.3, -0.25) is 4.79 Å². The van der Waals surface area contributed by atoms with Crippen molar-refractivity contribution in [2.45, 2.75) is 17.7 Å². The number of aliphatic carboxylic acids is 1. The molecule has 1 fully saturated rings. The van der Waals surface area contributed by atoms with Crippen molar-refractivity contribution in [3.8, 4) is 0 Å². The van der Waals surface area contributed by atoms with Crippen LogP contribution in [0.2, 0.25) is 5.02 Å². The van der Waals surface area contributed by atoms with Crippen molar-refractivity contribution in [3.05, 3.63) is 27.7 Å². The first-order chi connectivity index (χ1) is 9.32. The smallest absolute Gasteiger partial charge is 0.307 e. The number of carboxylic acid groups (broad SMARTS) is 1. The van der Waals surface area contributed by atoms with Crippen LogP contribution in [0.25, 0.3) is 0 Å². The number of sulfonamides is 1. The molecule has 1 heterocycles. The molecule has 0 amide bonds. The summed E-state index contributed by atoms with van der Waals surface area (Å²) in [5.41, 5.74) is 0. The van der Waals surface area contributed by atoms with E-state index in [1.165, 1.54) is 16.4 Å². The first-order valence-corrected chi connectivity index (χ1v) is 8.61. The molecule has 1 aliphatic rings. The van der Waals surface area contributed by atoms with Crippen LogP contribution in [0.1, 0.15) is 12.8 Å². The Balaban J connectivity index is 2.35. The second-order valence-electron chi connectivity index (χ2n) is 4.62. The van der Waals surface area contributed by atoms with Crippen LogP contribution in [0.15, 0.2) is 27.6 Å². The minimum Gasteiger partial charge on any atom is -0.481 e. The summed E-state index contributed by atoms with van der Waals surface area (Å²) in [4.78, 5) is 11.0. The van der Waals surface area contributed by atoms with Crippen molar-refractivity contribution in [1.82, 2.24) is 4.31 Å². The van der Waals surface area contributed by atoms with Crippen LogP contribution in [-0.4, -0.2) is 36.9 Å². The lowest BCUT2D eigenvalue weighted by atomic mass is 10.0. The maximum atomic E-state index is 12.6. The van der Waals surface area contributed by atoms with Crippen molar-refractivity contribution in [1.29, 1.82) is 0 Å². The summed E-state index contributed by atoms with van der Waals surface area (Å²) < 4.78 is 26.9. The minimum atomic E-state index is -3.77. The van der Waals surface area contributed by atoms with Crippen molar-refractivity contribution >= 4 is 43.5 Å². The van der Waals surface area contributed by atoms with Gasteiger partial charge in [0.25, 0.3) is 0 Å². The molecule has 5 nitrogen and oxygen atoms in total. The van der Waals surface area contributed by atoms with Gasteiger partial charge in [-0.2, -0.15) is 4.31 Å². The molecule has 1 aliphatic heterocycles. The van der Waals surface area contributed by atoms with Crippen LogP contribution in [-0.2, 0) is 14.8 Å². The SMILES string of the molecule is O=C(O)C1CCCN(S(=O)(=O)c2cc(Br)ccc2Cl)C1. The van der Waals surface area contributed by atoms with Crippen LogP contribution in [0.5, 0.6) is 0 Å². The van der Waals surface area contributed by atoms with E-state index >= 15 is 0 Å². The molecule has 0 bridgehead atoms. The number of hydrogen-bond donors (Lipinski definition) is 1. The molecule has 0 aromatic heterocycles. The monoisotopic (exact) mass is 381 g/mol. The van der Waals surface area contributed by atoms with E-state index in [1.54, 1.807) is 6.07 Å². The molecule has 2 rings (SSSR count). The van der Waals surface area contributed by atoms with Gasteiger partial charge in [-0.05, 0) is 31.0 Å². The van der Waals surface area contributed by atoms with Gasteiger partial charge < -0.3 is 5.11 Å². The quantitative estimate of drug-likeness (QED) is 0.872. The molecule has 1 saturated heterocycles. The maximum Gasteiger partial charge on any atom is 0.307 e. The van der Waals surface area contributed by atoms with Gasteiger partial charge in [0.15, 0.2) is 0 Å². The Bertz CT molecular complexity index is 634. The molecule has 8 heteroatoms. The van der Waals surface area contributed by atoms with E-state index in [0.717, 1.165) is 0 Å². The fourth-order valence-electron chi connectivity index (χ4n) is 2.18. The molecular weight excluding hydrogens is 370 g/mol. The molecule has 0 aliphatic carbocycles. The Morgan fingerprint density at radius 2 is 2.15 bits per heavy atom. The van der Waals surface area contributed by atoms with Gasteiger partial charge in [0.2, 0.25) is 10.0 Å². The molecule has 1 aromatic rings. The van der Waals surface area contributed by atoms with E-state index in [4.69, 9.17) is 16.7 Å². The number of carboxylic acids is 1. The second kappa shape index (κ2) is 6.01. The lowest BCUT2D eigenvalue weighted by molar-refractivity contribution is -0.142. The number of nitrogens with zero attached hydrogens (tertiary/aromatic N) is 1. The van der Waals surface area contributed by atoms with Gasteiger partial charge in [-0.15, -0.1) is 0 Å². The number of carbonyl (C=O) groups is 1. The van der Waals surface area contributed by atoms with Crippen LogP contribution in [0, 0.1) is 5.92 Å². The first kappa shape index (κ1) is 15.8. The molecule has 110 valence electrons. The maximum absolute atomic E-state index is 12.6. The highest BCUT2D eigenvalue weighted by Gasteiger charge is 2.34. The molecule has 1 atom stereocenters. The Kier molecular flexibility index (Phi) is 4.73. The van der Waals surface area contributed by atoms with Crippen LogP contribution in [0.3, 0.4) is 0 Å². The Labute approximate surface area is 130 Å². The second-order valence-corrected chi connectivity index (χ2v) is 7.84. The standard InChI is InChI=1S/C12H13BrClNO4S/c13-9-3-4-10(14)11(6-9)20(18,19)15-5-1-2-8(7-15)12(16)17/h3-4,6,8H,1-2,5,7H2,(H,16,17). The summed E-state index contributed by atoms with van der Waals surface area (Å²) in [5.74, 6) is -1.63. The number of rotatable bonds is 3. The van der Waals surface area contributed by atoms with Crippen LogP contribution in [0.4, 0.5) is 0 Å². The van der Waals surface area contributed by atoms with Gasteiger partial charge in [0.05, 0.1) is 10.9 Å². The zero-order chi connectivity index (χ0) is 14.9. The van der Waals surface area contributed by atoms with Gasteiger partial charge >= 0.3 is 5.97 Å². The molecular formula is C12H13BrClNO4S.